The zero-order valence-electron chi connectivity index (χ0n) is 15.1. The topological polar surface area (TPSA) is 63.7 Å². The minimum Gasteiger partial charge on any atom is -0.459 e. The van der Waals surface area contributed by atoms with Gasteiger partial charge in [-0.05, 0) is 36.1 Å². The molecule has 5 nitrogen and oxygen atoms in total. The first-order chi connectivity index (χ1) is 12.4. The molecule has 0 aliphatic carbocycles. The number of nitrogens with zero attached hydrogens (tertiary/aromatic N) is 1. The smallest absolute Gasteiger partial charge is 0.329 e. The molecule has 0 saturated carbocycles. The third-order valence-electron chi connectivity index (χ3n) is 4.61. The van der Waals surface area contributed by atoms with E-state index in [4.69, 9.17) is 4.74 Å². The maximum Gasteiger partial charge on any atom is 0.329 e. The lowest BCUT2D eigenvalue weighted by Gasteiger charge is -2.27. The van der Waals surface area contributed by atoms with Crippen LogP contribution < -0.4 is 0 Å². The molecule has 0 N–H and O–H groups in total. The highest BCUT2D eigenvalue weighted by Gasteiger charge is 2.44. The van der Waals surface area contributed by atoms with E-state index >= 15 is 0 Å². The summed E-state index contributed by atoms with van der Waals surface area (Å²) in [6.45, 7) is 5.64. The molecule has 3 rings (SSSR count). The number of amides is 2. The second kappa shape index (κ2) is 7.12. The summed E-state index contributed by atoms with van der Waals surface area (Å²) < 4.78 is 5.46. The van der Waals surface area contributed by atoms with Crippen LogP contribution in [-0.4, -0.2) is 28.7 Å². The number of ether oxygens (including phenoxy) is 1. The van der Waals surface area contributed by atoms with Crippen molar-refractivity contribution < 1.29 is 19.1 Å². The normalized spacial score (nSPS) is 14.5. The van der Waals surface area contributed by atoms with Crippen LogP contribution >= 0.6 is 0 Å². The highest BCUT2D eigenvalue weighted by atomic mass is 16.5. The van der Waals surface area contributed by atoms with Crippen LogP contribution in [0.2, 0.25) is 0 Å². The molecule has 1 heterocycles. The van der Waals surface area contributed by atoms with Crippen molar-refractivity contribution >= 4 is 17.8 Å². The molecule has 0 saturated heterocycles. The Labute approximate surface area is 152 Å². The van der Waals surface area contributed by atoms with Crippen LogP contribution in [0, 0.1) is 12.8 Å². The number of carbonyl (C=O) groups excluding carboxylic acids is 3. The van der Waals surface area contributed by atoms with E-state index in [9.17, 15) is 14.4 Å². The molecular weight excluding hydrogens is 330 g/mol. The quantitative estimate of drug-likeness (QED) is 0.612. The lowest BCUT2D eigenvalue weighted by Crippen LogP contribution is -2.48. The molecule has 1 atom stereocenters. The van der Waals surface area contributed by atoms with Gasteiger partial charge in [-0.25, -0.2) is 4.79 Å². The molecule has 0 unspecified atom stereocenters. The molecule has 2 aromatic carbocycles. The minimum atomic E-state index is -0.952. The van der Waals surface area contributed by atoms with Crippen molar-refractivity contribution in [1.82, 2.24) is 4.90 Å². The molecule has 0 fully saturated rings. The molecule has 134 valence electrons. The summed E-state index contributed by atoms with van der Waals surface area (Å²) in [5, 5.41) is 0. The largest absolute Gasteiger partial charge is 0.459 e. The van der Waals surface area contributed by atoms with Crippen molar-refractivity contribution in [2.75, 3.05) is 0 Å². The van der Waals surface area contributed by atoms with Crippen molar-refractivity contribution in [2.45, 2.75) is 33.4 Å². The van der Waals surface area contributed by atoms with Gasteiger partial charge in [0.05, 0.1) is 11.1 Å². The van der Waals surface area contributed by atoms with Crippen LogP contribution in [0.4, 0.5) is 0 Å². The minimum absolute atomic E-state index is 0.109. The SMILES string of the molecule is Cc1ccccc1COC(=O)[C@@H](C(C)C)N1C(=O)c2ccccc2C1=O. The molecule has 2 amide bonds. The summed E-state index contributed by atoms with van der Waals surface area (Å²) >= 11 is 0. The average Bonchev–Trinajstić information content (AvgIpc) is 2.87. The number of carbonyl (C=O) groups is 3. The van der Waals surface area contributed by atoms with E-state index in [1.807, 2.05) is 31.2 Å². The lowest BCUT2D eigenvalue weighted by molar-refractivity contribution is -0.151. The van der Waals surface area contributed by atoms with E-state index in [1.54, 1.807) is 38.1 Å². The third-order valence-corrected chi connectivity index (χ3v) is 4.61. The van der Waals surface area contributed by atoms with Crippen LogP contribution in [0.25, 0.3) is 0 Å². The number of hydrogen-bond acceptors (Lipinski definition) is 4. The van der Waals surface area contributed by atoms with Crippen molar-refractivity contribution in [3.8, 4) is 0 Å². The summed E-state index contributed by atoms with van der Waals surface area (Å²) in [6.07, 6.45) is 0. The van der Waals surface area contributed by atoms with Gasteiger partial charge in [-0.15, -0.1) is 0 Å². The summed E-state index contributed by atoms with van der Waals surface area (Å²) in [4.78, 5) is 39.1. The summed E-state index contributed by atoms with van der Waals surface area (Å²) in [7, 11) is 0. The van der Waals surface area contributed by atoms with Crippen LogP contribution in [-0.2, 0) is 16.1 Å². The molecule has 5 heteroatoms. The van der Waals surface area contributed by atoms with Crippen molar-refractivity contribution in [1.29, 1.82) is 0 Å². The van der Waals surface area contributed by atoms with Crippen molar-refractivity contribution in [3.05, 3.63) is 70.8 Å². The lowest BCUT2D eigenvalue weighted by atomic mass is 10.0. The number of esters is 1. The fourth-order valence-corrected chi connectivity index (χ4v) is 3.14. The highest BCUT2D eigenvalue weighted by molar-refractivity contribution is 6.22. The van der Waals surface area contributed by atoms with E-state index in [2.05, 4.69) is 0 Å². The fraction of sp³-hybridized carbons (Fsp3) is 0.286. The van der Waals surface area contributed by atoms with E-state index in [0.717, 1.165) is 16.0 Å². The molecule has 0 bridgehead atoms. The third kappa shape index (κ3) is 3.12. The van der Waals surface area contributed by atoms with Gasteiger partial charge in [0.15, 0.2) is 0 Å². The molecule has 26 heavy (non-hydrogen) atoms. The zero-order valence-corrected chi connectivity index (χ0v) is 15.1. The molecule has 0 aromatic heterocycles. The van der Waals surface area contributed by atoms with Gasteiger partial charge in [-0.2, -0.15) is 0 Å². The Balaban J connectivity index is 1.82. The van der Waals surface area contributed by atoms with Crippen LogP contribution in [0.15, 0.2) is 48.5 Å². The van der Waals surface area contributed by atoms with E-state index in [0.29, 0.717) is 11.1 Å². The average molecular weight is 351 g/mol. The number of aryl methyl sites for hydroxylation is 1. The molecule has 2 aromatic rings. The molecule has 1 aliphatic heterocycles. The zero-order chi connectivity index (χ0) is 18.8. The predicted octanol–water partition coefficient (Wildman–Crippen LogP) is 3.36. The van der Waals surface area contributed by atoms with Gasteiger partial charge in [0.1, 0.15) is 12.6 Å². The first-order valence-electron chi connectivity index (χ1n) is 8.60. The standard InChI is InChI=1S/C21H21NO4/c1-13(2)18(21(25)26-12-15-9-5-4-8-14(15)3)22-19(23)16-10-6-7-11-17(16)20(22)24/h4-11,13,18H,12H2,1-3H3/t18-/m1/s1. The number of imide groups is 1. The Bertz CT molecular complexity index is 837. The number of fused-ring (bicyclic) bond motifs is 1. The van der Waals surface area contributed by atoms with Gasteiger partial charge in [0.2, 0.25) is 0 Å². The monoisotopic (exact) mass is 351 g/mol. The van der Waals surface area contributed by atoms with E-state index in [-0.39, 0.29) is 12.5 Å². The number of hydrogen-bond donors (Lipinski definition) is 0. The van der Waals surface area contributed by atoms with Gasteiger partial charge < -0.3 is 4.74 Å². The first kappa shape index (κ1) is 17.9. The fourth-order valence-electron chi connectivity index (χ4n) is 3.14. The molecular formula is C21H21NO4. The van der Waals surface area contributed by atoms with Gasteiger partial charge in [-0.1, -0.05) is 50.2 Å². The summed E-state index contributed by atoms with van der Waals surface area (Å²) in [5.41, 5.74) is 2.57. The predicted molar refractivity (Wildman–Crippen MR) is 96.5 cm³/mol. The van der Waals surface area contributed by atoms with Gasteiger partial charge in [0.25, 0.3) is 11.8 Å². The summed E-state index contributed by atoms with van der Waals surface area (Å²) in [5.74, 6) is -1.73. The van der Waals surface area contributed by atoms with E-state index < -0.39 is 23.8 Å². The Hall–Kier alpha value is -2.95. The van der Waals surface area contributed by atoms with Crippen LogP contribution in [0.3, 0.4) is 0 Å². The molecule has 0 radical (unpaired) electrons. The number of benzene rings is 2. The van der Waals surface area contributed by atoms with Gasteiger partial charge in [-0.3, -0.25) is 14.5 Å². The molecule has 0 spiro atoms. The first-order valence-corrected chi connectivity index (χ1v) is 8.60. The second-order valence-corrected chi connectivity index (χ2v) is 6.75. The summed E-state index contributed by atoms with van der Waals surface area (Å²) in [6, 6.07) is 13.3. The van der Waals surface area contributed by atoms with Gasteiger partial charge in [0, 0.05) is 0 Å². The number of rotatable bonds is 5. The van der Waals surface area contributed by atoms with Crippen molar-refractivity contribution in [2.24, 2.45) is 5.92 Å². The molecule has 1 aliphatic rings. The Morgan fingerprint density at radius 2 is 1.50 bits per heavy atom. The Morgan fingerprint density at radius 1 is 0.962 bits per heavy atom. The van der Waals surface area contributed by atoms with E-state index in [1.165, 1.54) is 0 Å². The maximum atomic E-state index is 12.7. The maximum absolute atomic E-state index is 12.7. The van der Waals surface area contributed by atoms with Gasteiger partial charge >= 0.3 is 5.97 Å². The Kier molecular flexibility index (Phi) is 4.89. The van der Waals surface area contributed by atoms with Crippen molar-refractivity contribution in [3.63, 3.8) is 0 Å². The highest BCUT2D eigenvalue weighted by Crippen LogP contribution is 2.27. The second-order valence-electron chi connectivity index (χ2n) is 6.75. The van der Waals surface area contributed by atoms with Crippen LogP contribution in [0.1, 0.15) is 45.7 Å². The van der Waals surface area contributed by atoms with Crippen LogP contribution in [0.5, 0.6) is 0 Å². The Morgan fingerprint density at radius 3 is 2.04 bits per heavy atom.